The third-order valence-corrected chi connectivity index (χ3v) is 4.27. The molecule has 0 aromatic carbocycles. The fraction of sp³-hybridized carbons (Fsp3) is 0.800. The Labute approximate surface area is 130 Å². The molecule has 5 heteroatoms. The van der Waals surface area contributed by atoms with Crippen molar-refractivity contribution < 1.29 is 4.74 Å². The summed E-state index contributed by atoms with van der Waals surface area (Å²) >= 11 is 3.42. The van der Waals surface area contributed by atoms with Crippen molar-refractivity contribution in [3.8, 4) is 0 Å². The van der Waals surface area contributed by atoms with Crippen molar-refractivity contribution in [1.29, 1.82) is 0 Å². The average Bonchev–Trinajstić information content (AvgIpc) is 2.94. The average molecular weight is 344 g/mol. The van der Waals surface area contributed by atoms with Crippen LogP contribution < -0.4 is 5.32 Å². The van der Waals surface area contributed by atoms with Crippen LogP contribution in [0, 0.1) is 11.3 Å². The van der Waals surface area contributed by atoms with Gasteiger partial charge in [0.25, 0.3) is 0 Å². The van der Waals surface area contributed by atoms with E-state index >= 15 is 0 Å². The van der Waals surface area contributed by atoms with E-state index in [1.807, 2.05) is 17.1 Å². The smallest absolute Gasteiger partial charge is 0.0664 e. The lowest BCUT2D eigenvalue weighted by atomic mass is 9.81. The Bertz CT molecular complexity index is 427. The fourth-order valence-electron chi connectivity index (χ4n) is 2.94. The Balaban J connectivity index is 1.79. The maximum atomic E-state index is 5.92. The molecule has 0 amide bonds. The summed E-state index contributed by atoms with van der Waals surface area (Å²) in [6.07, 6.45) is 5.36. The van der Waals surface area contributed by atoms with Gasteiger partial charge in [0.2, 0.25) is 0 Å². The van der Waals surface area contributed by atoms with Crippen molar-refractivity contribution in [2.24, 2.45) is 11.3 Å². The molecule has 1 aromatic heterocycles. The van der Waals surface area contributed by atoms with Crippen LogP contribution in [0.3, 0.4) is 0 Å². The van der Waals surface area contributed by atoms with Crippen molar-refractivity contribution in [3.63, 3.8) is 0 Å². The highest BCUT2D eigenvalue weighted by Crippen LogP contribution is 2.34. The Morgan fingerprint density at radius 3 is 2.90 bits per heavy atom. The van der Waals surface area contributed by atoms with E-state index < -0.39 is 0 Å². The van der Waals surface area contributed by atoms with Crippen LogP contribution in [0.2, 0.25) is 0 Å². The van der Waals surface area contributed by atoms with E-state index in [9.17, 15) is 0 Å². The molecule has 0 bridgehead atoms. The van der Waals surface area contributed by atoms with E-state index in [0.717, 1.165) is 30.6 Å². The fourth-order valence-corrected chi connectivity index (χ4v) is 3.26. The Kier molecular flexibility index (Phi) is 5.26. The quantitative estimate of drug-likeness (QED) is 0.892. The molecule has 1 aliphatic rings. The van der Waals surface area contributed by atoms with Gasteiger partial charge in [-0.15, -0.1) is 0 Å². The normalized spacial score (nSPS) is 25.1. The van der Waals surface area contributed by atoms with E-state index in [2.05, 4.69) is 54.0 Å². The van der Waals surface area contributed by atoms with Gasteiger partial charge < -0.3 is 10.1 Å². The number of aromatic nitrogens is 2. The van der Waals surface area contributed by atoms with E-state index in [-0.39, 0.29) is 5.41 Å². The second kappa shape index (κ2) is 6.58. The van der Waals surface area contributed by atoms with Gasteiger partial charge in [0, 0.05) is 31.3 Å². The van der Waals surface area contributed by atoms with Gasteiger partial charge in [0.05, 0.1) is 23.3 Å². The topological polar surface area (TPSA) is 39.1 Å². The number of nitrogens with one attached hydrogen (secondary N) is 1. The number of hydrogen-bond donors (Lipinski definition) is 1. The zero-order valence-electron chi connectivity index (χ0n) is 12.9. The highest BCUT2D eigenvalue weighted by Gasteiger charge is 2.36. The molecule has 114 valence electrons. The minimum Gasteiger partial charge on any atom is -0.377 e. The van der Waals surface area contributed by atoms with Crippen molar-refractivity contribution in [3.05, 3.63) is 16.9 Å². The first-order valence-corrected chi connectivity index (χ1v) is 8.18. The summed E-state index contributed by atoms with van der Waals surface area (Å²) in [6.45, 7) is 11.8. The van der Waals surface area contributed by atoms with Gasteiger partial charge in [-0.05, 0) is 34.7 Å². The van der Waals surface area contributed by atoms with Crippen molar-refractivity contribution in [2.45, 2.75) is 52.8 Å². The first-order valence-electron chi connectivity index (χ1n) is 7.39. The summed E-state index contributed by atoms with van der Waals surface area (Å²) in [5.41, 5.74) is 0.221. The van der Waals surface area contributed by atoms with Crippen LogP contribution >= 0.6 is 15.9 Å². The predicted molar refractivity (Wildman–Crippen MR) is 84.7 cm³/mol. The largest absolute Gasteiger partial charge is 0.377 e. The molecule has 0 spiro atoms. The molecule has 2 rings (SSSR count). The molecule has 3 atom stereocenters. The number of rotatable bonds is 5. The standard InChI is InChI=1S/C15H26BrN3O/c1-11(9-19-10-13(16)8-18-19)17-7-12-5-6-20-14(12)15(2,3)4/h8,10-12,14,17H,5-7,9H2,1-4H3/t11?,12-,14+/m1/s1. The highest BCUT2D eigenvalue weighted by atomic mass is 79.9. The molecule has 1 saturated heterocycles. The maximum absolute atomic E-state index is 5.92. The molecular weight excluding hydrogens is 318 g/mol. The van der Waals surface area contributed by atoms with Gasteiger partial charge in [-0.3, -0.25) is 4.68 Å². The molecular formula is C15H26BrN3O. The monoisotopic (exact) mass is 343 g/mol. The summed E-state index contributed by atoms with van der Waals surface area (Å²) in [4.78, 5) is 0. The molecule has 1 aliphatic heterocycles. The van der Waals surface area contributed by atoms with Crippen LogP contribution in [0.1, 0.15) is 34.1 Å². The Morgan fingerprint density at radius 1 is 1.55 bits per heavy atom. The Hall–Kier alpha value is -0.390. The molecule has 1 N–H and O–H groups in total. The van der Waals surface area contributed by atoms with Crippen molar-refractivity contribution in [1.82, 2.24) is 15.1 Å². The number of hydrogen-bond acceptors (Lipinski definition) is 3. The molecule has 4 nitrogen and oxygen atoms in total. The van der Waals surface area contributed by atoms with Crippen LogP contribution in [-0.4, -0.2) is 35.1 Å². The van der Waals surface area contributed by atoms with Gasteiger partial charge in [0.15, 0.2) is 0 Å². The van der Waals surface area contributed by atoms with E-state index in [0.29, 0.717) is 18.1 Å². The van der Waals surface area contributed by atoms with E-state index in [1.165, 1.54) is 0 Å². The first-order chi connectivity index (χ1) is 9.36. The van der Waals surface area contributed by atoms with E-state index in [4.69, 9.17) is 4.74 Å². The SMILES string of the molecule is CC(Cn1cc(Br)cn1)NC[C@H]1CCO[C@@H]1C(C)(C)C. The summed E-state index contributed by atoms with van der Waals surface area (Å²) in [5.74, 6) is 0.613. The number of nitrogens with zero attached hydrogens (tertiary/aromatic N) is 2. The second-order valence-corrected chi connectivity index (χ2v) is 7.81. The van der Waals surface area contributed by atoms with Gasteiger partial charge >= 0.3 is 0 Å². The van der Waals surface area contributed by atoms with Crippen molar-refractivity contribution in [2.75, 3.05) is 13.2 Å². The zero-order chi connectivity index (χ0) is 14.8. The van der Waals surface area contributed by atoms with Crippen molar-refractivity contribution >= 4 is 15.9 Å². The summed E-state index contributed by atoms with van der Waals surface area (Å²) < 4.78 is 8.92. The molecule has 0 radical (unpaired) electrons. The minimum atomic E-state index is 0.221. The molecule has 0 saturated carbocycles. The first kappa shape index (κ1) is 16.0. The molecule has 2 heterocycles. The Morgan fingerprint density at radius 2 is 2.30 bits per heavy atom. The third-order valence-electron chi connectivity index (χ3n) is 3.86. The maximum Gasteiger partial charge on any atom is 0.0664 e. The number of ether oxygens (including phenoxy) is 1. The highest BCUT2D eigenvalue weighted by molar-refractivity contribution is 9.10. The van der Waals surface area contributed by atoms with Crippen LogP contribution in [0.5, 0.6) is 0 Å². The lowest BCUT2D eigenvalue weighted by molar-refractivity contribution is 0.00678. The van der Waals surface area contributed by atoms with E-state index in [1.54, 1.807) is 0 Å². The lowest BCUT2D eigenvalue weighted by Gasteiger charge is -2.31. The van der Waals surface area contributed by atoms with Crippen LogP contribution in [0.4, 0.5) is 0 Å². The zero-order valence-corrected chi connectivity index (χ0v) is 14.5. The second-order valence-electron chi connectivity index (χ2n) is 6.90. The molecule has 20 heavy (non-hydrogen) atoms. The number of halogens is 1. The van der Waals surface area contributed by atoms with Gasteiger partial charge in [-0.2, -0.15) is 5.10 Å². The van der Waals surface area contributed by atoms with Crippen LogP contribution in [0.25, 0.3) is 0 Å². The van der Waals surface area contributed by atoms with Gasteiger partial charge in [-0.1, -0.05) is 20.8 Å². The molecule has 1 unspecified atom stereocenters. The predicted octanol–water partition coefficient (Wildman–Crippen LogP) is 3.07. The van der Waals surface area contributed by atoms with Gasteiger partial charge in [0.1, 0.15) is 0 Å². The van der Waals surface area contributed by atoms with Crippen LogP contribution in [-0.2, 0) is 11.3 Å². The molecule has 1 aromatic rings. The molecule has 0 aliphatic carbocycles. The third kappa shape index (κ3) is 4.30. The molecule has 1 fully saturated rings. The summed E-state index contributed by atoms with van der Waals surface area (Å²) in [7, 11) is 0. The van der Waals surface area contributed by atoms with Gasteiger partial charge in [-0.25, -0.2) is 0 Å². The lowest BCUT2D eigenvalue weighted by Crippen LogP contribution is -2.40. The summed E-state index contributed by atoms with van der Waals surface area (Å²) in [5, 5.41) is 7.92. The minimum absolute atomic E-state index is 0.221. The summed E-state index contributed by atoms with van der Waals surface area (Å²) in [6, 6.07) is 0.406. The van der Waals surface area contributed by atoms with Crippen LogP contribution in [0.15, 0.2) is 16.9 Å².